The second-order valence-corrected chi connectivity index (χ2v) is 7.36. The minimum absolute atomic E-state index is 0.229. The van der Waals surface area contributed by atoms with E-state index in [1.54, 1.807) is 12.1 Å². The largest absolute Gasteiger partial charge is 0.508 e. The van der Waals surface area contributed by atoms with Gasteiger partial charge in [0, 0.05) is 0 Å². The first-order chi connectivity index (χ1) is 13.4. The zero-order valence-corrected chi connectivity index (χ0v) is 14.6. The molecule has 0 spiro atoms. The summed E-state index contributed by atoms with van der Waals surface area (Å²) in [6.45, 7) is 0.229. The van der Waals surface area contributed by atoms with Crippen molar-refractivity contribution in [2.24, 2.45) is 5.92 Å². The Balaban J connectivity index is 1.39. The predicted molar refractivity (Wildman–Crippen MR) is 89.5 cm³/mol. The third kappa shape index (κ3) is 2.10. The maximum absolute atomic E-state index is 11.8. The maximum Gasteiger partial charge on any atom is 0.508 e. The molecule has 3 fully saturated rings. The van der Waals surface area contributed by atoms with Crippen LogP contribution in [0.15, 0.2) is 18.5 Å². The lowest BCUT2D eigenvalue weighted by Crippen LogP contribution is -2.36. The zero-order chi connectivity index (χ0) is 19.7. The lowest BCUT2D eigenvalue weighted by Gasteiger charge is -2.22. The van der Waals surface area contributed by atoms with Crippen LogP contribution >= 0.6 is 0 Å². The number of aliphatic hydroxyl groups is 2. The molecule has 3 heterocycles. The van der Waals surface area contributed by atoms with E-state index in [-0.39, 0.29) is 12.4 Å². The molecule has 1 saturated heterocycles. The van der Waals surface area contributed by atoms with Gasteiger partial charge in [-0.05, 0) is 30.9 Å². The molecule has 2 saturated carbocycles. The summed E-state index contributed by atoms with van der Waals surface area (Å²) >= 11 is 0. The Kier molecular flexibility index (Phi) is 3.40. The van der Waals surface area contributed by atoms with Crippen molar-refractivity contribution in [2.45, 2.75) is 42.4 Å². The Bertz CT molecular complexity index is 1020. The summed E-state index contributed by atoms with van der Waals surface area (Å²) < 4.78 is 17.2. The lowest BCUT2D eigenvalue weighted by molar-refractivity contribution is -0.0864. The fourth-order valence-electron chi connectivity index (χ4n) is 3.81. The molecular formula is C17H17N5O6. The van der Waals surface area contributed by atoms with E-state index in [2.05, 4.69) is 10.1 Å². The Hall–Kier alpha value is -2.94. The first-order valence-electron chi connectivity index (χ1n) is 8.83. The molecule has 0 aromatic carbocycles. The summed E-state index contributed by atoms with van der Waals surface area (Å²) in [5.41, 5.74) is 2.70. The third-order valence-corrected chi connectivity index (χ3v) is 5.65. The van der Waals surface area contributed by atoms with Crippen LogP contribution in [0, 0.1) is 17.2 Å². The van der Waals surface area contributed by atoms with Gasteiger partial charge in [-0.2, -0.15) is 10.4 Å². The summed E-state index contributed by atoms with van der Waals surface area (Å²) in [4.78, 5) is 15.7. The number of ether oxygens (including phenoxy) is 3. The van der Waals surface area contributed by atoms with Crippen molar-refractivity contribution in [3.63, 3.8) is 0 Å². The van der Waals surface area contributed by atoms with Crippen LogP contribution < -0.4 is 5.73 Å². The number of anilines is 1. The molecule has 146 valence electrons. The van der Waals surface area contributed by atoms with Gasteiger partial charge >= 0.3 is 6.16 Å². The highest BCUT2D eigenvalue weighted by molar-refractivity contribution is 5.66. The van der Waals surface area contributed by atoms with Gasteiger partial charge in [-0.3, -0.25) is 0 Å². The molecule has 1 aliphatic heterocycles. The Morgan fingerprint density at radius 1 is 1.50 bits per heavy atom. The van der Waals surface area contributed by atoms with Crippen molar-refractivity contribution in [2.75, 3.05) is 12.3 Å². The van der Waals surface area contributed by atoms with Gasteiger partial charge in [0.2, 0.25) is 5.60 Å². The number of carbonyl (C=O) groups is 1. The minimum Gasteiger partial charge on any atom is -0.434 e. The number of hydrogen-bond acceptors (Lipinski definition) is 10. The fraction of sp³-hybridized carbons (Fsp3) is 0.529. The van der Waals surface area contributed by atoms with E-state index in [4.69, 9.17) is 19.9 Å². The number of nitriles is 1. The topological polar surface area (TPSA) is 165 Å². The maximum atomic E-state index is 11.8. The van der Waals surface area contributed by atoms with Gasteiger partial charge in [0.1, 0.15) is 30.1 Å². The van der Waals surface area contributed by atoms with Gasteiger partial charge in [-0.25, -0.2) is 14.3 Å². The Labute approximate surface area is 158 Å². The SMILES string of the molecule is N#C[C@]12O[C@@H](c3ccc4c(N)ncnn34)[C@H](O)[C@@]1(O)C2OC(=O)OCC1CC1. The van der Waals surface area contributed by atoms with Gasteiger partial charge in [0.25, 0.3) is 0 Å². The minimum atomic E-state index is -2.08. The van der Waals surface area contributed by atoms with E-state index in [0.29, 0.717) is 17.1 Å². The van der Waals surface area contributed by atoms with Crippen molar-refractivity contribution in [1.29, 1.82) is 5.26 Å². The number of hydrogen-bond donors (Lipinski definition) is 3. The van der Waals surface area contributed by atoms with Crippen LogP contribution in [0.4, 0.5) is 10.6 Å². The monoisotopic (exact) mass is 387 g/mol. The highest BCUT2D eigenvalue weighted by Gasteiger charge is 2.91. The van der Waals surface area contributed by atoms with Crippen molar-refractivity contribution < 1.29 is 29.2 Å². The van der Waals surface area contributed by atoms with Gasteiger partial charge in [-0.1, -0.05) is 0 Å². The van der Waals surface area contributed by atoms with Crippen molar-refractivity contribution in [3.8, 4) is 6.07 Å². The molecule has 11 nitrogen and oxygen atoms in total. The molecular weight excluding hydrogens is 370 g/mol. The average molecular weight is 387 g/mol. The molecule has 5 rings (SSSR count). The number of nitrogen functional groups attached to an aromatic ring is 1. The number of nitrogens with zero attached hydrogens (tertiary/aromatic N) is 4. The van der Waals surface area contributed by atoms with Crippen molar-refractivity contribution >= 4 is 17.5 Å². The molecule has 4 N–H and O–H groups in total. The van der Waals surface area contributed by atoms with Crippen molar-refractivity contribution in [1.82, 2.24) is 14.6 Å². The summed E-state index contributed by atoms with van der Waals surface area (Å²) in [6.07, 6.45) is -1.75. The molecule has 2 aromatic heterocycles. The number of carbonyl (C=O) groups excluding carboxylic acids is 1. The molecule has 5 atom stereocenters. The highest BCUT2D eigenvalue weighted by Crippen LogP contribution is 2.64. The Morgan fingerprint density at radius 2 is 2.29 bits per heavy atom. The van der Waals surface area contributed by atoms with E-state index in [1.807, 2.05) is 6.07 Å². The quantitative estimate of drug-likeness (QED) is 0.592. The lowest BCUT2D eigenvalue weighted by atomic mass is 10.0. The highest BCUT2D eigenvalue weighted by atomic mass is 16.8. The van der Waals surface area contributed by atoms with Gasteiger partial charge in [0.15, 0.2) is 17.5 Å². The van der Waals surface area contributed by atoms with Crippen LogP contribution in [0.2, 0.25) is 0 Å². The summed E-state index contributed by atoms with van der Waals surface area (Å²) in [5.74, 6) is 0.565. The summed E-state index contributed by atoms with van der Waals surface area (Å²) in [5, 5.41) is 35.3. The van der Waals surface area contributed by atoms with E-state index < -0.39 is 35.7 Å². The molecule has 0 amide bonds. The normalized spacial score (nSPS) is 36.0. The third-order valence-electron chi connectivity index (χ3n) is 5.65. The number of rotatable bonds is 4. The molecule has 0 bridgehead atoms. The second kappa shape index (κ2) is 5.54. The van der Waals surface area contributed by atoms with E-state index >= 15 is 0 Å². The van der Waals surface area contributed by atoms with Gasteiger partial charge in [-0.15, -0.1) is 0 Å². The van der Waals surface area contributed by atoms with Crippen LogP contribution in [0.3, 0.4) is 0 Å². The second-order valence-electron chi connectivity index (χ2n) is 7.36. The number of fused-ring (bicyclic) bond motifs is 2. The molecule has 0 radical (unpaired) electrons. The molecule has 1 unspecified atom stereocenters. The summed E-state index contributed by atoms with van der Waals surface area (Å²) in [6, 6.07) is 5.08. The van der Waals surface area contributed by atoms with Crippen molar-refractivity contribution in [3.05, 3.63) is 24.2 Å². The Morgan fingerprint density at radius 3 is 2.96 bits per heavy atom. The van der Waals surface area contributed by atoms with Crippen LogP contribution in [-0.2, 0) is 14.2 Å². The van der Waals surface area contributed by atoms with Gasteiger partial charge in [0.05, 0.1) is 12.3 Å². The molecule has 2 aromatic rings. The predicted octanol–water partition coefficient (Wildman–Crippen LogP) is -0.317. The van der Waals surface area contributed by atoms with Crippen LogP contribution in [0.25, 0.3) is 5.52 Å². The molecule has 11 heteroatoms. The first-order valence-corrected chi connectivity index (χ1v) is 8.83. The van der Waals surface area contributed by atoms with E-state index in [9.17, 15) is 20.3 Å². The van der Waals surface area contributed by atoms with Crippen LogP contribution in [0.1, 0.15) is 24.6 Å². The molecule has 3 aliphatic rings. The average Bonchev–Trinajstić information content (AvgIpc) is 3.51. The summed E-state index contributed by atoms with van der Waals surface area (Å²) in [7, 11) is 0. The smallest absolute Gasteiger partial charge is 0.434 e. The first kappa shape index (κ1) is 17.2. The number of nitrogens with two attached hydrogens (primary N) is 1. The van der Waals surface area contributed by atoms with E-state index in [0.717, 1.165) is 12.8 Å². The van der Waals surface area contributed by atoms with Crippen LogP contribution in [0.5, 0.6) is 0 Å². The van der Waals surface area contributed by atoms with E-state index in [1.165, 1.54) is 10.8 Å². The number of aromatic nitrogens is 3. The molecule has 2 aliphatic carbocycles. The zero-order valence-electron chi connectivity index (χ0n) is 14.6. The standard InChI is InChI=1S/C17H17N5O6/c18-6-16-14(27-15(24)26-5-8-1-2-8)17(16,25)12(23)11(28-16)9-3-4-10-13(19)20-7-21-22(9)10/h3-4,7-8,11-12,14,23,25H,1-2,5H2,(H2,19,20,21)/t11-,12-,14?,16+,17+/m0/s1. The molecule has 28 heavy (non-hydrogen) atoms. The van der Waals surface area contributed by atoms with Crippen LogP contribution in [-0.4, -0.2) is 61.0 Å². The fourth-order valence-corrected chi connectivity index (χ4v) is 3.81. The number of aliphatic hydroxyl groups excluding tert-OH is 1. The van der Waals surface area contributed by atoms with Gasteiger partial charge < -0.3 is 30.2 Å².